The van der Waals surface area contributed by atoms with Crippen molar-refractivity contribution in [3.63, 3.8) is 0 Å². The normalized spacial score (nSPS) is 14.7. The molecule has 0 unspecified atom stereocenters. The molecule has 126 valence electrons. The zero-order chi connectivity index (χ0) is 16.7. The van der Waals surface area contributed by atoms with Gasteiger partial charge in [-0.25, -0.2) is 0 Å². The summed E-state index contributed by atoms with van der Waals surface area (Å²) in [5, 5.41) is 3.50. The number of nitrogens with one attached hydrogen (secondary N) is 1. The molecule has 5 nitrogen and oxygen atoms in total. The first kappa shape index (κ1) is 17.6. The predicted molar refractivity (Wildman–Crippen MR) is 92.8 cm³/mol. The summed E-state index contributed by atoms with van der Waals surface area (Å²) in [5.74, 6) is -0.273. The number of piperazine rings is 1. The third kappa shape index (κ3) is 5.43. The lowest BCUT2D eigenvalue weighted by molar-refractivity contribution is -0.136. The van der Waals surface area contributed by atoms with Crippen LogP contribution in [-0.2, 0) is 9.59 Å². The van der Waals surface area contributed by atoms with Crippen molar-refractivity contribution in [3.05, 3.63) is 29.3 Å². The summed E-state index contributed by atoms with van der Waals surface area (Å²) in [6, 6.07) is 7.72. The van der Waals surface area contributed by atoms with E-state index >= 15 is 0 Å². The number of amides is 2. The van der Waals surface area contributed by atoms with Gasteiger partial charge in [0.1, 0.15) is 6.42 Å². The van der Waals surface area contributed by atoms with Crippen LogP contribution in [0.4, 0.5) is 5.69 Å². The average molecular weight is 338 g/mol. The van der Waals surface area contributed by atoms with Gasteiger partial charge in [0, 0.05) is 43.4 Å². The number of hydrogen-bond acceptors (Lipinski definition) is 3. The number of nitrogens with zero attached hydrogens (tertiary/aromatic N) is 2. The van der Waals surface area contributed by atoms with Gasteiger partial charge in [0.15, 0.2) is 0 Å². The largest absolute Gasteiger partial charge is 0.368 e. The summed E-state index contributed by atoms with van der Waals surface area (Å²) < 4.78 is 0. The fourth-order valence-electron chi connectivity index (χ4n) is 2.60. The molecule has 1 N–H and O–H groups in total. The van der Waals surface area contributed by atoms with Crippen molar-refractivity contribution >= 4 is 29.1 Å². The van der Waals surface area contributed by atoms with Crippen LogP contribution in [-0.4, -0.2) is 49.4 Å². The number of hydrogen-bond donors (Lipinski definition) is 1. The quantitative estimate of drug-likeness (QED) is 0.640. The number of carbonyl (C=O) groups is 2. The molecule has 1 aromatic rings. The second-order valence-corrected chi connectivity index (χ2v) is 6.16. The molecule has 0 spiro atoms. The molecule has 1 heterocycles. The van der Waals surface area contributed by atoms with Crippen LogP contribution in [0.3, 0.4) is 0 Å². The third-order valence-corrected chi connectivity index (χ3v) is 4.21. The second kappa shape index (κ2) is 8.77. The van der Waals surface area contributed by atoms with E-state index in [1.165, 1.54) is 0 Å². The molecular formula is C17H24ClN3O2. The van der Waals surface area contributed by atoms with Gasteiger partial charge in [0.25, 0.3) is 0 Å². The maximum absolute atomic E-state index is 12.2. The first-order valence-electron chi connectivity index (χ1n) is 8.15. The van der Waals surface area contributed by atoms with E-state index in [-0.39, 0.29) is 18.2 Å². The molecule has 1 aliphatic heterocycles. The first-order valence-corrected chi connectivity index (χ1v) is 8.53. The Kier molecular flexibility index (Phi) is 6.71. The van der Waals surface area contributed by atoms with Crippen LogP contribution in [0, 0.1) is 0 Å². The lowest BCUT2D eigenvalue weighted by Crippen LogP contribution is -2.49. The Hall–Kier alpha value is -1.75. The highest BCUT2D eigenvalue weighted by atomic mass is 35.5. The molecule has 1 aromatic carbocycles. The van der Waals surface area contributed by atoms with E-state index < -0.39 is 0 Å². The number of rotatable bonds is 6. The SMILES string of the molecule is CCCCNC(=O)CC(=O)N1CCN(c2cccc(Cl)c2)CC1. The van der Waals surface area contributed by atoms with Gasteiger partial charge in [-0.1, -0.05) is 31.0 Å². The Morgan fingerprint density at radius 3 is 2.61 bits per heavy atom. The summed E-state index contributed by atoms with van der Waals surface area (Å²) >= 11 is 6.02. The van der Waals surface area contributed by atoms with E-state index in [4.69, 9.17) is 11.6 Å². The third-order valence-electron chi connectivity index (χ3n) is 3.97. The fourth-order valence-corrected chi connectivity index (χ4v) is 2.79. The minimum absolute atomic E-state index is 0.0547. The minimum Gasteiger partial charge on any atom is -0.368 e. The van der Waals surface area contributed by atoms with Crippen molar-refractivity contribution in [2.24, 2.45) is 0 Å². The zero-order valence-electron chi connectivity index (χ0n) is 13.6. The average Bonchev–Trinajstić information content (AvgIpc) is 2.55. The van der Waals surface area contributed by atoms with Crippen LogP contribution in [0.25, 0.3) is 0 Å². The van der Waals surface area contributed by atoms with Gasteiger partial charge >= 0.3 is 0 Å². The van der Waals surface area contributed by atoms with E-state index in [1.807, 2.05) is 24.3 Å². The Morgan fingerprint density at radius 1 is 1.22 bits per heavy atom. The monoisotopic (exact) mass is 337 g/mol. The summed E-state index contributed by atoms with van der Waals surface area (Å²) in [7, 11) is 0. The molecule has 0 radical (unpaired) electrons. The molecule has 0 atom stereocenters. The van der Waals surface area contributed by atoms with Crippen molar-refractivity contribution in [2.45, 2.75) is 26.2 Å². The maximum atomic E-state index is 12.2. The van der Waals surface area contributed by atoms with Crippen LogP contribution >= 0.6 is 11.6 Å². The van der Waals surface area contributed by atoms with E-state index in [1.54, 1.807) is 4.90 Å². The van der Waals surface area contributed by atoms with Crippen molar-refractivity contribution < 1.29 is 9.59 Å². The molecule has 0 bridgehead atoms. The molecule has 23 heavy (non-hydrogen) atoms. The topological polar surface area (TPSA) is 52.7 Å². The molecule has 0 aliphatic carbocycles. The lowest BCUT2D eigenvalue weighted by atomic mass is 10.2. The van der Waals surface area contributed by atoms with E-state index in [2.05, 4.69) is 17.1 Å². The highest BCUT2D eigenvalue weighted by Gasteiger charge is 2.22. The van der Waals surface area contributed by atoms with Gasteiger partial charge in [-0.2, -0.15) is 0 Å². The first-order chi connectivity index (χ1) is 11.1. The molecule has 2 rings (SSSR count). The molecule has 1 saturated heterocycles. The maximum Gasteiger partial charge on any atom is 0.232 e. The highest BCUT2D eigenvalue weighted by Crippen LogP contribution is 2.20. The fraction of sp³-hybridized carbons (Fsp3) is 0.529. The van der Waals surface area contributed by atoms with Gasteiger partial charge in [-0.15, -0.1) is 0 Å². The van der Waals surface area contributed by atoms with Crippen molar-refractivity contribution in [1.82, 2.24) is 10.2 Å². The lowest BCUT2D eigenvalue weighted by Gasteiger charge is -2.36. The Labute approximate surface area is 142 Å². The van der Waals surface area contributed by atoms with Crippen LogP contribution in [0.2, 0.25) is 5.02 Å². The van der Waals surface area contributed by atoms with Gasteiger partial charge < -0.3 is 15.1 Å². The minimum atomic E-state index is -0.180. The molecule has 1 aliphatic rings. The summed E-state index contributed by atoms with van der Waals surface area (Å²) in [6.07, 6.45) is 1.92. The Bertz CT molecular complexity index is 542. The summed E-state index contributed by atoms with van der Waals surface area (Å²) in [5.41, 5.74) is 1.07. The van der Waals surface area contributed by atoms with Crippen molar-refractivity contribution in [2.75, 3.05) is 37.6 Å². The zero-order valence-corrected chi connectivity index (χ0v) is 14.3. The van der Waals surface area contributed by atoms with Gasteiger partial charge in [0.05, 0.1) is 0 Å². The van der Waals surface area contributed by atoms with Crippen LogP contribution in [0.5, 0.6) is 0 Å². The number of unbranched alkanes of at least 4 members (excludes halogenated alkanes) is 1. The standard InChI is InChI=1S/C17H24ClN3O2/c1-2-3-7-19-16(22)13-17(23)21-10-8-20(9-11-21)15-6-4-5-14(18)12-15/h4-6,12H,2-3,7-11,13H2,1H3,(H,19,22). The molecular weight excluding hydrogens is 314 g/mol. The van der Waals surface area contributed by atoms with E-state index in [0.29, 0.717) is 24.7 Å². The van der Waals surface area contributed by atoms with Gasteiger partial charge in [-0.05, 0) is 24.6 Å². The number of halogens is 1. The number of anilines is 1. The Balaban J connectivity index is 1.77. The number of benzene rings is 1. The van der Waals surface area contributed by atoms with E-state index in [0.717, 1.165) is 31.6 Å². The van der Waals surface area contributed by atoms with Gasteiger partial charge in [0.2, 0.25) is 11.8 Å². The smallest absolute Gasteiger partial charge is 0.232 e. The van der Waals surface area contributed by atoms with Crippen LogP contribution in [0.15, 0.2) is 24.3 Å². The van der Waals surface area contributed by atoms with Crippen LogP contribution < -0.4 is 10.2 Å². The van der Waals surface area contributed by atoms with E-state index in [9.17, 15) is 9.59 Å². The molecule has 1 fully saturated rings. The summed E-state index contributed by atoms with van der Waals surface area (Å²) in [6.45, 7) is 5.48. The van der Waals surface area contributed by atoms with Crippen LogP contribution in [0.1, 0.15) is 26.2 Å². The second-order valence-electron chi connectivity index (χ2n) is 5.73. The number of carbonyl (C=O) groups excluding carboxylic acids is 2. The summed E-state index contributed by atoms with van der Waals surface area (Å²) in [4.78, 5) is 27.8. The van der Waals surface area contributed by atoms with Crippen molar-refractivity contribution in [1.29, 1.82) is 0 Å². The molecule has 0 saturated carbocycles. The molecule has 2 amide bonds. The molecule has 0 aromatic heterocycles. The highest BCUT2D eigenvalue weighted by molar-refractivity contribution is 6.30. The molecule has 6 heteroatoms. The Morgan fingerprint density at radius 2 is 1.96 bits per heavy atom. The van der Waals surface area contributed by atoms with Gasteiger partial charge in [-0.3, -0.25) is 9.59 Å². The van der Waals surface area contributed by atoms with Crippen molar-refractivity contribution in [3.8, 4) is 0 Å². The predicted octanol–water partition coefficient (Wildman–Crippen LogP) is 2.29.